The van der Waals surface area contributed by atoms with Crippen molar-refractivity contribution in [3.8, 4) is 0 Å². The van der Waals surface area contributed by atoms with Gasteiger partial charge in [-0.05, 0) is 68.4 Å². The fraction of sp³-hybridized carbons (Fsp3) is 0.594. The molecule has 2 amide bonds. The molecular formula is C32H42FN3O6S. The Hall–Kier alpha value is -3.05. The number of hydrogen-bond donors (Lipinski definition) is 1. The van der Waals surface area contributed by atoms with Gasteiger partial charge in [-0.25, -0.2) is 22.1 Å². The third kappa shape index (κ3) is 7.03. The molecule has 234 valence electrons. The normalized spacial score (nSPS) is 23.8. The summed E-state index contributed by atoms with van der Waals surface area (Å²) in [6, 6.07) is 3.71. The molecule has 3 aliphatic rings. The number of carbonyl (C=O) groups excluding carboxylic acids is 2. The van der Waals surface area contributed by atoms with Gasteiger partial charge in [-0.3, -0.25) is 9.59 Å². The number of rotatable bonds is 13. The molecule has 11 heteroatoms. The number of nitrogens with one attached hydrogen (secondary N) is 1. The quantitative estimate of drug-likeness (QED) is 0.228. The molecule has 2 aromatic rings. The predicted octanol–water partition coefficient (Wildman–Crippen LogP) is 5.67. The van der Waals surface area contributed by atoms with Crippen molar-refractivity contribution in [2.24, 2.45) is 11.8 Å². The van der Waals surface area contributed by atoms with Crippen molar-refractivity contribution in [1.82, 2.24) is 10.3 Å². The fourth-order valence-corrected chi connectivity index (χ4v) is 8.12. The van der Waals surface area contributed by atoms with E-state index in [4.69, 9.17) is 9.15 Å². The molecule has 43 heavy (non-hydrogen) atoms. The Labute approximate surface area is 253 Å². The Morgan fingerprint density at radius 3 is 2.65 bits per heavy atom. The molecule has 2 saturated heterocycles. The lowest BCUT2D eigenvalue weighted by Gasteiger charge is -2.28. The van der Waals surface area contributed by atoms with Crippen LogP contribution < -0.4 is 9.62 Å². The maximum atomic E-state index is 14.5. The summed E-state index contributed by atoms with van der Waals surface area (Å²) in [5.74, 6) is -1.30. The molecule has 3 heterocycles. The van der Waals surface area contributed by atoms with Crippen LogP contribution in [0.3, 0.4) is 0 Å². The first-order valence-electron chi connectivity index (χ1n) is 15.6. The van der Waals surface area contributed by atoms with Crippen LogP contribution in [0, 0.1) is 17.7 Å². The molecule has 2 aliphatic heterocycles. The number of aromatic nitrogens is 1. The van der Waals surface area contributed by atoms with Crippen molar-refractivity contribution in [1.29, 1.82) is 0 Å². The van der Waals surface area contributed by atoms with E-state index in [-0.39, 0.29) is 53.5 Å². The van der Waals surface area contributed by atoms with E-state index in [0.29, 0.717) is 22.3 Å². The summed E-state index contributed by atoms with van der Waals surface area (Å²) in [4.78, 5) is 30.1. The van der Waals surface area contributed by atoms with Gasteiger partial charge in [0.25, 0.3) is 11.8 Å². The molecule has 1 aromatic carbocycles. The number of unbranched alkanes of at least 4 members (excludes halogenated alkanes) is 1. The van der Waals surface area contributed by atoms with E-state index in [0.717, 1.165) is 43.7 Å². The molecule has 3 fully saturated rings. The standard InChI is InChI=1S/C32H42FN3O6S/c1-3-29(37)36(43(39,40)4-2)26-14-13-23(33)18-22(26)19-24-27-15-16-28(42-27)30(24)32-35-25(20-41-32)31(38)34-17-9-8-12-21-10-6-5-7-11-21/h3,13-14,18,20-21,24,27-28,30H,1,4-12,15-17,19H2,2H3,(H,34,38)/t24?,27?,28?,30-/m1/s1. The second-order valence-corrected chi connectivity index (χ2v) is 14.1. The van der Waals surface area contributed by atoms with E-state index in [9.17, 15) is 22.4 Å². The van der Waals surface area contributed by atoms with Crippen molar-refractivity contribution in [3.63, 3.8) is 0 Å². The van der Waals surface area contributed by atoms with Gasteiger partial charge in [-0.1, -0.05) is 51.5 Å². The van der Waals surface area contributed by atoms with Gasteiger partial charge in [-0.15, -0.1) is 0 Å². The topological polar surface area (TPSA) is 119 Å². The van der Waals surface area contributed by atoms with E-state index in [2.05, 4.69) is 16.9 Å². The number of fused-ring (bicyclic) bond motifs is 2. The van der Waals surface area contributed by atoms with Crippen LogP contribution in [0.15, 0.2) is 41.5 Å². The monoisotopic (exact) mass is 615 g/mol. The second-order valence-electron chi connectivity index (χ2n) is 12.0. The van der Waals surface area contributed by atoms with Gasteiger partial charge in [0.05, 0.1) is 29.6 Å². The van der Waals surface area contributed by atoms with Crippen LogP contribution in [0.5, 0.6) is 0 Å². The highest BCUT2D eigenvalue weighted by atomic mass is 32.2. The number of halogens is 1. The Bertz CT molecular complexity index is 1420. The number of oxazole rings is 1. The smallest absolute Gasteiger partial charge is 0.273 e. The zero-order chi connectivity index (χ0) is 30.6. The van der Waals surface area contributed by atoms with Crippen molar-refractivity contribution in [3.05, 3.63) is 60.1 Å². The minimum absolute atomic E-state index is 0.0885. The van der Waals surface area contributed by atoms with Crippen LogP contribution >= 0.6 is 0 Å². The molecule has 1 aromatic heterocycles. The second kappa shape index (κ2) is 13.7. The number of amides is 2. The van der Waals surface area contributed by atoms with Gasteiger partial charge in [0, 0.05) is 12.5 Å². The molecule has 9 nitrogen and oxygen atoms in total. The highest BCUT2D eigenvalue weighted by Crippen LogP contribution is 2.50. The lowest BCUT2D eigenvalue weighted by molar-refractivity contribution is -0.113. The number of hydrogen-bond acceptors (Lipinski definition) is 7. The van der Waals surface area contributed by atoms with E-state index >= 15 is 0 Å². The number of ether oxygens (including phenoxy) is 1. The van der Waals surface area contributed by atoms with Crippen molar-refractivity contribution in [2.45, 2.75) is 95.7 Å². The summed E-state index contributed by atoms with van der Waals surface area (Å²) in [6.45, 7) is 5.47. The molecule has 4 atom stereocenters. The SMILES string of the molecule is C=CC(=O)N(c1ccc(F)cc1CC1C2CCC(O2)[C@@H]1c1nc(C(=O)NCCCCC2CCCCC2)co1)S(=O)(=O)CC. The van der Waals surface area contributed by atoms with Crippen molar-refractivity contribution < 1.29 is 31.6 Å². The molecule has 1 saturated carbocycles. The summed E-state index contributed by atoms with van der Waals surface area (Å²) < 4.78 is 53.1. The molecule has 0 spiro atoms. The first-order chi connectivity index (χ1) is 20.7. The number of carbonyl (C=O) groups is 2. The minimum atomic E-state index is -4.01. The maximum Gasteiger partial charge on any atom is 0.273 e. The Balaban J connectivity index is 1.28. The van der Waals surface area contributed by atoms with Crippen molar-refractivity contribution >= 4 is 27.5 Å². The summed E-state index contributed by atoms with van der Waals surface area (Å²) in [5, 5.41) is 2.95. The number of anilines is 1. The van der Waals surface area contributed by atoms with Gasteiger partial charge >= 0.3 is 0 Å². The number of nitrogens with zero attached hydrogens (tertiary/aromatic N) is 2. The molecule has 2 bridgehead atoms. The lowest BCUT2D eigenvalue weighted by atomic mass is 9.76. The van der Waals surface area contributed by atoms with Crippen LogP contribution in [0.4, 0.5) is 10.1 Å². The number of sulfonamides is 1. The van der Waals surface area contributed by atoms with E-state index in [1.54, 1.807) is 0 Å². The van der Waals surface area contributed by atoms with Crippen LogP contribution in [-0.2, 0) is 26.0 Å². The summed E-state index contributed by atoms with van der Waals surface area (Å²) >= 11 is 0. The first-order valence-corrected chi connectivity index (χ1v) is 17.2. The molecular weight excluding hydrogens is 573 g/mol. The van der Waals surface area contributed by atoms with Gasteiger partial charge < -0.3 is 14.5 Å². The van der Waals surface area contributed by atoms with E-state index < -0.39 is 21.7 Å². The zero-order valence-electron chi connectivity index (χ0n) is 24.8. The van der Waals surface area contributed by atoms with E-state index in [1.807, 2.05) is 0 Å². The summed E-state index contributed by atoms with van der Waals surface area (Å²) in [6.07, 6.45) is 13.6. The molecule has 5 rings (SSSR count). The predicted molar refractivity (Wildman–Crippen MR) is 161 cm³/mol. The van der Waals surface area contributed by atoms with E-state index in [1.165, 1.54) is 63.8 Å². The Morgan fingerprint density at radius 2 is 1.91 bits per heavy atom. The minimum Gasteiger partial charge on any atom is -0.448 e. The average molecular weight is 616 g/mol. The Kier molecular flexibility index (Phi) is 10.0. The van der Waals surface area contributed by atoms with Crippen LogP contribution in [-0.4, -0.2) is 49.7 Å². The van der Waals surface area contributed by atoms with Gasteiger partial charge in [0.2, 0.25) is 15.9 Å². The molecule has 1 N–H and O–H groups in total. The highest BCUT2D eigenvalue weighted by molar-refractivity contribution is 7.93. The van der Waals surface area contributed by atoms with Crippen LogP contribution in [0.2, 0.25) is 0 Å². The van der Waals surface area contributed by atoms with Gasteiger partial charge in [-0.2, -0.15) is 0 Å². The first kappa shape index (κ1) is 31.4. The lowest BCUT2D eigenvalue weighted by Crippen LogP contribution is -2.38. The molecule has 0 radical (unpaired) electrons. The molecule has 3 unspecified atom stereocenters. The summed E-state index contributed by atoms with van der Waals surface area (Å²) in [5.41, 5.74) is 0.647. The summed E-state index contributed by atoms with van der Waals surface area (Å²) in [7, 11) is -4.01. The maximum absolute atomic E-state index is 14.5. The fourth-order valence-electron chi connectivity index (χ4n) is 7.03. The zero-order valence-corrected chi connectivity index (χ0v) is 25.6. The highest BCUT2D eigenvalue weighted by Gasteiger charge is 2.52. The van der Waals surface area contributed by atoms with Crippen molar-refractivity contribution in [2.75, 3.05) is 16.6 Å². The van der Waals surface area contributed by atoms with Crippen LogP contribution in [0.1, 0.15) is 99.0 Å². The Morgan fingerprint density at radius 1 is 1.14 bits per heavy atom. The number of benzene rings is 1. The largest absolute Gasteiger partial charge is 0.448 e. The van der Waals surface area contributed by atoms with Gasteiger partial charge in [0.1, 0.15) is 12.1 Å². The average Bonchev–Trinajstić information content (AvgIpc) is 3.76. The third-order valence-corrected chi connectivity index (χ3v) is 10.9. The molecule has 1 aliphatic carbocycles. The van der Waals surface area contributed by atoms with Gasteiger partial charge in [0.15, 0.2) is 5.69 Å². The van der Waals surface area contributed by atoms with Crippen LogP contribution in [0.25, 0.3) is 0 Å². The third-order valence-electron chi connectivity index (χ3n) is 9.25.